The molecular weight excluding hydrogens is 342 g/mol. The van der Waals surface area contributed by atoms with Crippen LogP contribution in [0.4, 0.5) is 5.69 Å². The molecule has 9 heteroatoms. The molecule has 0 radical (unpaired) electrons. The van der Waals surface area contributed by atoms with E-state index in [0.717, 1.165) is 5.56 Å². The normalized spacial score (nSPS) is 9.88. The van der Waals surface area contributed by atoms with Gasteiger partial charge in [0.05, 0.1) is 4.92 Å². The third-order valence-electron chi connectivity index (χ3n) is 3.21. The first-order valence-corrected chi connectivity index (χ1v) is 7.59. The number of nitrogens with one attached hydrogen (secondary N) is 2. The highest BCUT2D eigenvalue weighted by atomic mass is 16.6. The summed E-state index contributed by atoms with van der Waals surface area (Å²) in [5.41, 5.74) is 5.19. The van der Waals surface area contributed by atoms with Crippen LogP contribution in [0.15, 0.2) is 48.5 Å². The molecule has 2 amide bonds. The number of amides is 2. The summed E-state index contributed by atoms with van der Waals surface area (Å²) < 4.78 is 10.5. The molecule has 0 heterocycles. The van der Waals surface area contributed by atoms with Crippen LogP contribution >= 0.6 is 0 Å². The van der Waals surface area contributed by atoms with E-state index < -0.39 is 16.7 Å². The predicted molar refractivity (Wildman–Crippen MR) is 91.6 cm³/mol. The van der Waals surface area contributed by atoms with Gasteiger partial charge in [-0.15, -0.1) is 0 Å². The summed E-state index contributed by atoms with van der Waals surface area (Å²) in [6.07, 6.45) is 0. The van der Waals surface area contributed by atoms with Crippen LogP contribution in [0, 0.1) is 17.0 Å². The number of hydrogen-bond acceptors (Lipinski definition) is 6. The molecule has 2 aromatic rings. The third-order valence-corrected chi connectivity index (χ3v) is 3.21. The number of carbonyl (C=O) groups excluding carboxylic acids is 2. The number of hydrazine groups is 1. The molecule has 2 rings (SSSR count). The molecule has 0 saturated heterocycles. The third kappa shape index (κ3) is 5.78. The first-order chi connectivity index (χ1) is 12.5. The highest BCUT2D eigenvalue weighted by Gasteiger charge is 2.08. The Labute approximate surface area is 149 Å². The zero-order valence-electron chi connectivity index (χ0n) is 13.9. The van der Waals surface area contributed by atoms with Crippen molar-refractivity contribution in [2.75, 3.05) is 13.2 Å². The number of benzene rings is 2. The number of hydrogen-bond donors (Lipinski definition) is 2. The van der Waals surface area contributed by atoms with Crippen molar-refractivity contribution in [3.05, 3.63) is 64.2 Å². The lowest BCUT2D eigenvalue weighted by molar-refractivity contribution is -0.384. The first-order valence-electron chi connectivity index (χ1n) is 7.59. The average molecular weight is 359 g/mol. The minimum atomic E-state index is -0.590. The number of nitro groups is 1. The summed E-state index contributed by atoms with van der Waals surface area (Å²) in [5, 5.41) is 10.5. The molecule has 0 atom stereocenters. The smallest absolute Gasteiger partial charge is 0.276 e. The number of nitro benzene ring substituents is 1. The van der Waals surface area contributed by atoms with Gasteiger partial charge in [-0.3, -0.25) is 30.6 Å². The molecule has 0 unspecified atom stereocenters. The van der Waals surface area contributed by atoms with Gasteiger partial charge in [0.2, 0.25) is 0 Å². The maximum atomic E-state index is 11.7. The minimum Gasteiger partial charge on any atom is -0.484 e. The molecular formula is C17H17N3O6. The summed E-state index contributed by atoms with van der Waals surface area (Å²) in [7, 11) is 0. The van der Waals surface area contributed by atoms with E-state index in [0.29, 0.717) is 11.5 Å². The van der Waals surface area contributed by atoms with Gasteiger partial charge in [-0.05, 0) is 30.7 Å². The van der Waals surface area contributed by atoms with Crippen molar-refractivity contribution in [2.45, 2.75) is 6.92 Å². The van der Waals surface area contributed by atoms with Gasteiger partial charge in [-0.2, -0.15) is 0 Å². The van der Waals surface area contributed by atoms with Crippen molar-refractivity contribution in [3.8, 4) is 11.5 Å². The van der Waals surface area contributed by atoms with Crippen molar-refractivity contribution in [1.82, 2.24) is 10.9 Å². The van der Waals surface area contributed by atoms with Crippen LogP contribution < -0.4 is 20.3 Å². The minimum absolute atomic E-state index is 0.0808. The Bertz CT molecular complexity index is 791. The van der Waals surface area contributed by atoms with Gasteiger partial charge >= 0.3 is 0 Å². The Morgan fingerprint density at radius 3 is 2.12 bits per heavy atom. The van der Waals surface area contributed by atoms with E-state index >= 15 is 0 Å². The van der Waals surface area contributed by atoms with Crippen LogP contribution in [0.3, 0.4) is 0 Å². The fraction of sp³-hybridized carbons (Fsp3) is 0.176. The number of non-ortho nitro benzene ring substituents is 1. The molecule has 9 nitrogen and oxygen atoms in total. The number of aryl methyl sites for hydroxylation is 1. The Morgan fingerprint density at radius 1 is 0.962 bits per heavy atom. The number of ether oxygens (including phenoxy) is 2. The lowest BCUT2D eigenvalue weighted by atomic mass is 10.2. The molecule has 0 aliphatic heterocycles. The van der Waals surface area contributed by atoms with Crippen molar-refractivity contribution in [2.24, 2.45) is 0 Å². The zero-order valence-corrected chi connectivity index (χ0v) is 13.9. The lowest BCUT2D eigenvalue weighted by Crippen LogP contribution is -2.45. The largest absolute Gasteiger partial charge is 0.484 e. The van der Waals surface area contributed by atoms with Gasteiger partial charge < -0.3 is 9.47 Å². The molecule has 0 aliphatic rings. The highest BCUT2D eigenvalue weighted by Crippen LogP contribution is 2.17. The summed E-state index contributed by atoms with van der Waals surface area (Å²) in [6.45, 7) is 1.23. The molecule has 0 spiro atoms. The molecule has 0 bridgehead atoms. The SMILES string of the molecule is Cc1ccccc1OCC(=O)NNC(=O)COc1ccc([N+](=O)[O-])cc1. The van der Waals surface area contributed by atoms with Crippen LogP contribution in [0.2, 0.25) is 0 Å². The summed E-state index contributed by atoms with van der Waals surface area (Å²) in [5.74, 6) is -0.250. The standard InChI is InChI=1S/C17H17N3O6/c1-12-4-2-3-5-15(12)26-11-17(22)19-18-16(21)10-25-14-8-6-13(7-9-14)20(23)24/h2-9H,10-11H2,1H3,(H,18,21)(H,19,22). The molecule has 0 aliphatic carbocycles. The van der Waals surface area contributed by atoms with Crippen molar-refractivity contribution in [3.63, 3.8) is 0 Å². The van der Waals surface area contributed by atoms with E-state index in [2.05, 4.69) is 10.9 Å². The second-order valence-corrected chi connectivity index (χ2v) is 5.19. The highest BCUT2D eigenvalue weighted by molar-refractivity contribution is 5.83. The summed E-state index contributed by atoms with van der Waals surface area (Å²) in [4.78, 5) is 33.3. The predicted octanol–water partition coefficient (Wildman–Crippen LogP) is 1.51. The van der Waals surface area contributed by atoms with Gasteiger partial charge in [0.15, 0.2) is 13.2 Å². The molecule has 0 aromatic heterocycles. The van der Waals surface area contributed by atoms with Crippen LogP contribution in [0.5, 0.6) is 11.5 Å². The molecule has 2 N–H and O–H groups in total. The van der Waals surface area contributed by atoms with E-state index in [1.807, 2.05) is 19.1 Å². The number of rotatable bonds is 7. The van der Waals surface area contributed by atoms with Gasteiger partial charge in [-0.25, -0.2) is 0 Å². The second-order valence-electron chi connectivity index (χ2n) is 5.19. The Morgan fingerprint density at radius 2 is 1.54 bits per heavy atom. The maximum Gasteiger partial charge on any atom is 0.276 e. The van der Waals surface area contributed by atoms with Gasteiger partial charge in [0, 0.05) is 12.1 Å². The van der Waals surface area contributed by atoms with Gasteiger partial charge in [-0.1, -0.05) is 18.2 Å². The maximum absolute atomic E-state index is 11.7. The number of nitrogens with zero attached hydrogens (tertiary/aromatic N) is 1. The quantitative estimate of drug-likeness (QED) is 0.571. The summed E-state index contributed by atoms with van der Waals surface area (Å²) >= 11 is 0. The van der Waals surface area contributed by atoms with Crippen LogP contribution in [0.25, 0.3) is 0 Å². The van der Waals surface area contributed by atoms with E-state index in [-0.39, 0.29) is 18.9 Å². The molecule has 2 aromatic carbocycles. The fourth-order valence-corrected chi connectivity index (χ4v) is 1.89. The van der Waals surface area contributed by atoms with E-state index in [4.69, 9.17) is 9.47 Å². The molecule has 26 heavy (non-hydrogen) atoms. The lowest BCUT2D eigenvalue weighted by Gasteiger charge is -2.10. The molecule has 0 fully saturated rings. The monoisotopic (exact) mass is 359 g/mol. The average Bonchev–Trinajstić information content (AvgIpc) is 2.64. The van der Waals surface area contributed by atoms with E-state index in [9.17, 15) is 19.7 Å². The van der Waals surface area contributed by atoms with E-state index in [1.165, 1.54) is 24.3 Å². The Balaban J connectivity index is 1.68. The molecule has 136 valence electrons. The fourth-order valence-electron chi connectivity index (χ4n) is 1.89. The second kappa shape index (κ2) is 9.02. The van der Waals surface area contributed by atoms with Crippen LogP contribution in [-0.4, -0.2) is 30.0 Å². The molecule has 0 saturated carbocycles. The topological polar surface area (TPSA) is 120 Å². The van der Waals surface area contributed by atoms with Gasteiger partial charge in [0.25, 0.3) is 17.5 Å². The first kappa shape index (κ1) is 18.7. The Kier molecular flexibility index (Phi) is 6.49. The Hall–Kier alpha value is -3.62. The van der Waals surface area contributed by atoms with Crippen LogP contribution in [0.1, 0.15) is 5.56 Å². The van der Waals surface area contributed by atoms with E-state index in [1.54, 1.807) is 12.1 Å². The summed E-state index contributed by atoms with van der Waals surface area (Å²) in [6, 6.07) is 12.5. The van der Waals surface area contributed by atoms with Gasteiger partial charge in [0.1, 0.15) is 11.5 Å². The van der Waals surface area contributed by atoms with Crippen molar-refractivity contribution < 1.29 is 24.0 Å². The van der Waals surface area contributed by atoms with Crippen molar-refractivity contribution >= 4 is 17.5 Å². The number of carbonyl (C=O) groups is 2. The van der Waals surface area contributed by atoms with Crippen molar-refractivity contribution in [1.29, 1.82) is 0 Å². The zero-order chi connectivity index (χ0) is 18.9. The number of para-hydroxylation sites is 1. The van der Waals surface area contributed by atoms with Crippen LogP contribution in [-0.2, 0) is 9.59 Å².